The van der Waals surface area contributed by atoms with Gasteiger partial charge < -0.3 is 4.90 Å². The molecule has 4 heteroatoms. The van der Waals surface area contributed by atoms with E-state index in [1.807, 2.05) is 12.1 Å². The van der Waals surface area contributed by atoms with Gasteiger partial charge in [-0.2, -0.15) is 5.26 Å². The quantitative estimate of drug-likeness (QED) is 0.786. The number of alkyl halides is 1. The molecule has 0 saturated carbocycles. The summed E-state index contributed by atoms with van der Waals surface area (Å²) in [7, 11) is 1.75. The zero-order valence-electron chi connectivity index (χ0n) is 10.4. The van der Waals surface area contributed by atoms with Crippen LogP contribution in [0.15, 0.2) is 42.5 Å². The first-order valence-electron chi connectivity index (χ1n) is 5.74. The van der Waals surface area contributed by atoms with E-state index in [0.717, 1.165) is 5.56 Å². The van der Waals surface area contributed by atoms with E-state index in [0.29, 0.717) is 22.3 Å². The third-order valence-electron chi connectivity index (χ3n) is 2.91. The van der Waals surface area contributed by atoms with Gasteiger partial charge in [0, 0.05) is 12.4 Å². The Morgan fingerprint density at radius 3 is 2.58 bits per heavy atom. The molecular weight excluding hydrogens is 307 g/mol. The Bertz CT molecular complexity index is 634. The summed E-state index contributed by atoms with van der Waals surface area (Å²) < 4.78 is 14.1. The van der Waals surface area contributed by atoms with E-state index in [-0.39, 0.29) is 5.82 Å². The molecule has 0 radical (unpaired) electrons. The normalized spacial score (nSPS) is 10.0. The summed E-state index contributed by atoms with van der Waals surface area (Å²) in [5.74, 6) is -0.299. The van der Waals surface area contributed by atoms with Gasteiger partial charge in [0.2, 0.25) is 0 Å². The molecule has 0 N–H and O–H groups in total. The maximum Gasteiger partial charge on any atom is 0.147 e. The van der Waals surface area contributed by atoms with Gasteiger partial charge in [-0.25, -0.2) is 4.39 Å². The molecular formula is C15H12BrFN2. The molecule has 0 amide bonds. The smallest absolute Gasteiger partial charge is 0.147 e. The van der Waals surface area contributed by atoms with Gasteiger partial charge in [0.1, 0.15) is 11.9 Å². The number of nitrogens with zero attached hydrogens (tertiary/aromatic N) is 2. The second-order valence-electron chi connectivity index (χ2n) is 4.11. The molecule has 2 rings (SSSR count). The largest absolute Gasteiger partial charge is 0.341 e. The Hall–Kier alpha value is -1.86. The van der Waals surface area contributed by atoms with Crippen LogP contribution in [0.25, 0.3) is 0 Å². The van der Waals surface area contributed by atoms with Crippen molar-refractivity contribution in [1.29, 1.82) is 5.26 Å². The predicted molar refractivity (Wildman–Crippen MR) is 78.3 cm³/mol. The van der Waals surface area contributed by atoms with Crippen LogP contribution in [0, 0.1) is 17.1 Å². The Balaban J connectivity index is 2.45. The minimum Gasteiger partial charge on any atom is -0.341 e. The van der Waals surface area contributed by atoms with Gasteiger partial charge in [-0.1, -0.05) is 34.1 Å². The van der Waals surface area contributed by atoms with Crippen LogP contribution < -0.4 is 4.90 Å². The number of halogens is 2. The lowest BCUT2D eigenvalue weighted by atomic mass is 10.1. The van der Waals surface area contributed by atoms with Gasteiger partial charge in [-0.3, -0.25) is 0 Å². The number of hydrogen-bond acceptors (Lipinski definition) is 2. The van der Waals surface area contributed by atoms with Crippen molar-refractivity contribution in [3.05, 3.63) is 59.4 Å². The zero-order valence-corrected chi connectivity index (χ0v) is 12.0. The number of rotatable bonds is 3. The number of anilines is 2. The highest BCUT2D eigenvalue weighted by atomic mass is 79.9. The van der Waals surface area contributed by atoms with Gasteiger partial charge >= 0.3 is 0 Å². The van der Waals surface area contributed by atoms with Crippen LogP contribution in [0.3, 0.4) is 0 Å². The van der Waals surface area contributed by atoms with E-state index in [4.69, 9.17) is 5.26 Å². The molecule has 0 spiro atoms. The monoisotopic (exact) mass is 318 g/mol. The molecule has 0 aliphatic rings. The van der Waals surface area contributed by atoms with Gasteiger partial charge in [0.15, 0.2) is 0 Å². The molecule has 2 aromatic rings. The maximum atomic E-state index is 14.1. The zero-order chi connectivity index (χ0) is 13.8. The van der Waals surface area contributed by atoms with Crippen molar-refractivity contribution in [2.75, 3.05) is 11.9 Å². The number of hydrogen-bond donors (Lipinski definition) is 0. The second-order valence-corrected chi connectivity index (χ2v) is 4.67. The van der Waals surface area contributed by atoms with E-state index in [1.54, 1.807) is 36.2 Å². The Morgan fingerprint density at radius 2 is 1.95 bits per heavy atom. The third kappa shape index (κ3) is 2.77. The lowest BCUT2D eigenvalue weighted by Crippen LogP contribution is -2.12. The second kappa shape index (κ2) is 5.85. The summed E-state index contributed by atoms with van der Waals surface area (Å²) in [5, 5.41) is 9.70. The molecule has 0 fully saturated rings. The van der Waals surface area contributed by atoms with Crippen molar-refractivity contribution in [3.63, 3.8) is 0 Å². The molecule has 0 aromatic heterocycles. The van der Waals surface area contributed by atoms with Crippen LogP contribution in [0.4, 0.5) is 15.8 Å². The van der Waals surface area contributed by atoms with E-state index >= 15 is 0 Å². The Kier molecular flexibility index (Phi) is 4.18. The highest BCUT2D eigenvalue weighted by Crippen LogP contribution is 2.29. The molecule has 0 saturated heterocycles. The molecule has 0 bridgehead atoms. The fraction of sp³-hybridized carbons (Fsp3) is 0.133. The predicted octanol–water partition coefficient (Wildman–Crippen LogP) is 4.36. The first-order valence-corrected chi connectivity index (χ1v) is 6.86. The fourth-order valence-corrected chi connectivity index (χ4v) is 2.24. The first-order chi connectivity index (χ1) is 9.17. The Labute approximate surface area is 120 Å². The molecule has 0 aliphatic heterocycles. The van der Waals surface area contributed by atoms with Crippen LogP contribution in [-0.4, -0.2) is 7.05 Å². The summed E-state index contributed by atoms with van der Waals surface area (Å²) in [6, 6.07) is 14.3. The highest BCUT2D eigenvalue weighted by molar-refractivity contribution is 9.08. The lowest BCUT2D eigenvalue weighted by Gasteiger charge is -2.21. The topological polar surface area (TPSA) is 27.0 Å². The SMILES string of the molecule is CN(c1ccc(CBr)cc1F)c1ccccc1C#N. The summed E-state index contributed by atoms with van der Waals surface area (Å²) >= 11 is 3.30. The summed E-state index contributed by atoms with van der Waals surface area (Å²) in [6.45, 7) is 0. The highest BCUT2D eigenvalue weighted by Gasteiger charge is 2.12. The van der Waals surface area contributed by atoms with Crippen LogP contribution >= 0.6 is 15.9 Å². The van der Waals surface area contributed by atoms with E-state index < -0.39 is 0 Å². The summed E-state index contributed by atoms with van der Waals surface area (Å²) in [5.41, 5.74) is 2.54. The lowest BCUT2D eigenvalue weighted by molar-refractivity contribution is 0.626. The van der Waals surface area contributed by atoms with Gasteiger partial charge in [-0.05, 0) is 29.8 Å². The molecule has 0 atom stereocenters. The average molecular weight is 319 g/mol. The summed E-state index contributed by atoms with van der Waals surface area (Å²) in [6.07, 6.45) is 0. The molecule has 2 aromatic carbocycles. The molecule has 0 aliphatic carbocycles. The average Bonchev–Trinajstić information content (AvgIpc) is 2.46. The number of benzene rings is 2. The minimum atomic E-state index is -0.299. The molecule has 96 valence electrons. The van der Waals surface area contributed by atoms with Gasteiger partial charge in [0.25, 0.3) is 0 Å². The van der Waals surface area contributed by atoms with E-state index in [9.17, 15) is 4.39 Å². The summed E-state index contributed by atoms with van der Waals surface area (Å²) in [4.78, 5) is 1.69. The number of nitriles is 1. The van der Waals surface area contributed by atoms with Crippen molar-refractivity contribution >= 4 is 27.3 Å². The first kappa shape index (κ1) is 13.6. The van der Waals surface area contributed by atoms with Gasteiger partial charge in [-0.15, -0.1) is 0 Å². The minimum absolute atomic E-state index is 0.299. The fourth-order valence-electron chi connectivity index (χ4n) is 1.90. The van der Waals surface area contributed by atoms with Gasteiger partial charge in [0.05, 0.1) is 16.9 Å². The van der Waals surface area contributed by atoms with Crippen LogP contribution in [0.2, 0.25) is 0 Å². The van der Waals surface area contributed by atoms with Crippen LogP contribution in [0.5, 0.6) is 0 Å². The van der Waals surface area contributed by atoms with Crippen LogP contribution in [-0.2, 0) is 5.33 Å². The van der Waals surface area contributed by atoms with Crippen molar-refractivity contribution in [2.45, 2.75) is 5.33 Å². The van der Waals surface area contributed by atoms with Crippen molar-refractivity contribution in [1.82, 2.24) is 0 Å². The standard InChI is InChI=1S/C15H12BrFN2/c1-19(14-5-3-2-4-12(14)10-18)15-7-6-11(9-16)8-13(15)17/h2-8H,9H2,1H3. The van der Waals surface area contributed by atoms with Crippen LogP contribution in [0.1, 0.15) is 11.1 Å². The Morgan fingerprint density at radius 1 is 1.21 bits per heavy atom. The van der Waals surface area contributed by atoms with E-state index in [2.05, 4.69) is 22.0 Å². The molecule has 2 nitrogen and oxygen atoms in total. The number of para-hydroxylation sites is 1. The van der Waals surface area contributed by atoms with Crippen molar-refractivity contribution < 1.29 is 4.39 Å². The molecule has 0 unspecified atom stereocenters. The third-order valence-corrected chi connectivity index (χ3v) is 3.56. The van der Waals surface area contributed by atoms with E-state index in [1.165, 1.54) is 6.07 Å². The van der Waals surface area contributed by atoms with Crippen molar-refractivity contribution in [2.24, 2.45) is 0 Å². The molecule has 19 heavy (non-hydrogen) atoms. The maximum absolute atomic E-state index is 14.1. The molecule has 0 heterocycles. The van der Waals surface area contributed by atoms with Crippen molar-refractivity contribution in [3.8, 4) is 6.07 Å².